The molecule has 0 aromatic heterocycles. The number of esters is 1. The van der Waals surface area contributed by atoms with Crippen molar-refractivity contribution in [1.29, 1.82) is 0 Å². The van der Waals surface area contributed by atoms with E-state index in [2.05, 4.69) is 6.92 Å². The van der Waals surface area contributed by atoms with E-state index in [4.69, 9.17) is 4.74 Å². The van der Waals surface area contributed by atoms with Crippen molar-refractivity contribution in [2.75, 3.05) is 7.11 Å². The molecule has 0 spiro atoms. The van der Waals surface area contributed by atoms with Crippen LogP contribution in [0.25, 0.3) is 0 Å². The van der Waals surface area contributed by atoms with E-state index < -0.39 is 0 Å². The summed E-state index contributed by atoms with van der Waals surface area (Å²) in [7, 11) is 1.48. The first-order valence-corrected chi connectivity index (χ1v) is 25.9. The second-order valence-corrected chi connectivity index (χ2v) is 17.9. The molecule has 0 unspecified atom stereocenters. The first-order valence-electron chi connectivity index (χ1n) is 25.9. The highest BCUT2D eigenvalue weighted by Gasteiger charge is 2.01. The molecule has 0 aromatic rings. The number of ether oxygens (including phenoxy) is 1. The molecule has 324 valence electrons. The van der Waals surface area contributed by atoms with Gasteiger partial charge in [-0.2, -0.15) is 0 Å². The lowest BCUT2D eigenvalue weighted by atomic mass is 10.0. The zero-order valence-electron chi connectivity index (χ0n) is 38.0. The van der Waals surface area contributed by atoms with E-state index in [9.17, 15) is 4.79 Å². The quantitative estimate of drug-likeness (QED) is 0.0456. The van der Waals surface area contributed by atoms with Crippen LogP contribution in [0.1, 0.15) is 322 Å². The SMILES string of the molecule is CCCCCCCCCCCCCCCCCCCCCCCCCCCCCCCCCCCCCCCCCCCCCCCCCCC(=O)OC. The molecule has 0 atom stereocenters. The number of rotatable bonds is 49. The van der Waals surface area contributed by atoms with Crippen LogP contribution in [-0.2, 0) is 9.53 Å². The molecule has 0 aromatic carbocycles. The largest absolute Gasteiger partial charge is 0.469 e. The Labute approximate surface area is 343 Å². The molecular formula is C52H104O2. The van der Waals surface area contributed by atoms with Gasteiger partial charge < -0.3 is 4.74 Å². The van der Waals surface area contributed by atoms with Crippen LogP contribution in [-0.4, -0.2) is 13.1 Å². The Kier molecular flexibility index (Phi) is 50.0. The molecule has 0 amide bonds. The minimum Gasteiger partial charge on any atom is -0.469 e. The van der Waals surface area contributed by atoms with Gasteiger partial charge in [-0.15, -0.1) is 0 Å². The number of hydrogen-bond donors (Lipinski definition) is 0. The van der Waals surface area contributed by atoms with E-state index in [1.165, 1.54) is 309 Å². The molecule has 0 fully saturated rings. The molecule has 0 radical (unpaired) electrons. The fraction of sp³-hybridized carbons (Fsp3) is 0.981. The van der Waals surface area contributed by atoms with Crippen LogP contribution in [0.5, 0.6) is 0 Å². The van der Waals surface area contributed by atoms with Crippen LogP contribution in [0.15, 0.2) is 0 Å². The summed E-state index contributed by atoms with van der Waals surface area (Å²) in [6, 6.07) is 0. The normalized spacial score (nSPS) is 11.5. The minimum absolute atomic E-state index is 0.0580. The van der Waals surface area contributed by atoms with Crippen LogP contribution in [0, 0.1) is 0 Å². The summed E-state index contributed by atoms with van der Waals surface area (Å²) >= 11 is 0. The van der Waals surface area contributed by atoms with Crippen molar-refractivity contribution in [2.45, 2.75) is 322 Å². The van der Waals surface area contributed by atoms with Crippen LogP contribution in [0.3, 0.4) is 0 Å². The molecule has 0 aliphatic heterocycles. The zero-order chi connectivity index (χ0) is 38.9. The van der Waals surface area contributed by atoms with Crippen molar-refractivity contribution in [3.8, 4) is 0 Å². The molecule has 2 nitrogen and oxygen atoms in total. The highest BCUT2D eigenvalue weighted by Crippen LogP contribution is 2.18. The first kappa shape index (κ1) is 53.5. The molecule has 2 heteroatoms. The van der Waals surface area contributed by atoms with Gasteiger partial charge in [0, 0.05) is 6.42 Å². The van der Waals surface area contributed by atoms with Crippen molar-refractivity contribution < 1.29 is 9.53 Å². The third-order valence-corrected chi connectivity index (χ3v) is 12.5. The maximum Gasteiger partial charge on any atom is 0.305 e. The highest BCUT2D eigenvalue weighted by molar-refractivity contribution is 5.68. The van der Waals surface area contributed by atoms with Gasteiger partial charge in [0.1, 0.15) is 0 Å². The highest BCUT2D eigenvalue weighted by atomic mass is 16.5. The molecule has 0 saturated carbocycles. The predicted octanol–water partition coefficient (Wildman–Crippen LogP) is 19.3. The van der Waals surface area contributed by atoms with Gasteiger partial charge in [-0.3, -0.25) is 4.79 Å². The average Bonchev–Trinajstić information content (AvgIpc) is 3.18. The van der Waals surface area contributed by atoms with Crippen LogP contribution < -0.4 is 0 Å². The Bertz CT molecular complexity index is 659. The first-order chi connectivity index (χ1) is 26.8. The number of methoxy groups -OCH3 is 1. The molecule has 0 aliphatic rings. The Balaban J connectivity index is 3.06. The summed E-state index contributed by atoms with van der Waals surface area (Å²) in [6.45, 7) is 2.31. The van der Waals surface area contributed by atoms with Crippen LogP contribution >= 0.6 is 0 Å². The van der Waals surface area contributed by atoms with E-state index in [0.717, 1.165) is 6.42 Å². The summed E-state index contributed by atoms with van der Waals surface area (Å²) in [4.78, 5) is 11.1. The molecule has 0 bridgehead atoms. The van der Waals surface area contributed by atoms with Gasteiger partial charge in [0.2, 0.25) is 0 Å². The zero-order valence-corrected chi connectivity index (χ0v) is 38.0. The van der Waals surface area contributed by atoms with Gasteiger partial charge in [-0.25, -0.2) is 0 Å². The summed E-state index contributed by atoms with van der Waals surface area (Å²) in [5.74, 6) is -0.0580. The van der Waals surface area contributed by atoms with Crippen molar-refractivity contribution in [3.63, 3.8) is 0 Å². The molecular weight excluding hydrogens is 657 g/mol. The van der Waals surface area contributed by atoms with E-state index in [1.54, 1.807) is 0 Å². The smallest absolute Gasteiger partial charge is 0.305 e. The summed E-state index contributed by atoms with van der Waals surface area (Å²) < 4.78 is 4.70. The predicted molar refractivity (Wildman–Crippen MR) is 244 cm³/mol. The number of unbranched alkanes of at least 4 members (excludes halogenated alkanes) is 47. The van der Waals surface area contributed by atoms with E-state index >= 15 is 0 Å². The van der Waals surface area contributed by atoms with Gasteiger partial charge in [0.15, 0.2) is 0 Å². The van der Waals surface area contributed by atoms with Gasteiger partial charge >= 0.3 is 5.97 Å². The van der Waals surface area contributed by atoms with Crippen LogP contribution in [0.4, 0.5) is 0 Å². The van der Waals surface area contributed by atoms with Gasteiger partial charge in [-0.1, -0.05) is 309 Å². The monoisotopic (exact) mass is 761 g/mol. The lowest BCUT2D eigenvalue weighted by Gasteiger charge is -2.05. The Morgan fingerprint density at radius 2 is 0.370 bits per heavy atom. The number of carbonyl (C=O) groups is 1. The van der Waals surface area contributed by atoms with E-state index in [0.29, 0.717) is 6.42 Å². The summed E-state index contributed by atoms with van der Waals surface area (Å²) in [6.07, 6.45) is 70.1. The van der Waals surface area contributed by atoms with E-state index in [1.807, 2.05) is 0 Å². The standard InChI is InChI=1S/C52H104O2/c1-3-4-5-6-7-8-9-10-11-12-13-14-15-16-17-18-19-20-21-22-23-24-25-26-27-28-29-30-31-32-33-34-35-36-37-38-39-40-41-42-43-44-45-46-47-48-49-50-51-52(53)54-2/h3-51H2,1-2H3. The topological polar surface area (TPSA) is 26.3 Å². The van der Waals surface area contributed by atoms with Crippen molar-refractivity contribution in [1.82, 2.24) is 0 Å². The van der Waals surface area contributed by atoms with Gasteiger partial charge in [0.05, 0.1) is 7.11 Å². The molecule has 0 saturated heterocycles. The lowest BCUT2D eigenvalue weighted by molar-refractivity contribution is -0.140. The Hall–Kier alpha value is -0.530. The lowest BCUT2D eigenvalue weighted by Crippen LogP contribution is -1.99. The van der Waals surface area contributed by atoms with Gasteiger partial charge in [-0.05, 0) is 6.42 Å². The number of carbonyl (C=O) groups excluding carboxylic acids is 1. The summed E-state index contributed by atoms with van der Waals surface area (Å²) in [5.41, 5.74) is 0. The molecule has 0 N–H and O–H groups in total. The minimum atomic E-state index is -0.0580. The molecule has 0 aliphatic carbocycles. The van der Waals surface area contributed by atoms with Crippen molar-refractivity contribution >= 4 is 5.97 Å². The second kappa shape index (κ2) is 50.5. The maximum atomic E-state index is 11.1. The van der Waals surface area contributed by atoms with Crippen LogP contribution in [0.2, 0.25) is 0 Å². The molecule has 54 heavy (non-hydrogen) atoms. The van der Waals surface area contributed by atoms with Gasteiger partial charge in [0.25, 0.3) is 0 Å². The van der Waals surface area contributed by atoms with Crippen molar-refractivity contribution in [2.24, 2.45) is 0 Å². The maximum absolute atomic E-state index is 11.1. The average molecular weight is 761 g/mol. The second-order valence-electron chi connectivity index (χ2n) is 17.9. The van der Waals surface area contributed by atoms with E-state index in [-0.39, 0.29) is 5.97 Å². The molecule has 0 rings (SSSR count). The van der Waals surface area contributed by atoms with Crippen molar-refractivity contribution in [3.05, 3.63) is 0 Å². The fourth-order valence-electron chi connectivity index (χ4n) is 8.58. The fourth-order valence-corrected chi connectivity index (χ4v) is 8.58. The third kappa shape index (κ3) is 49.5. The summed E-state index contributed by atoms with van der Waals surface area (Å²) in [5, 5.41) is 0. The number of hydrogen-bond acceptors (Lipinski definition) is 2. The Morgan fingerprint density at radius 3 is 0.500 bits per heavy atom. The molecule has 0 heterocycles. The third-order valence-electron chi connectivity index (χ3n) is 12.5. The Morgan fingerprint density at radius 1 is 0.241 bits per heavy atom.